The Morgan fingerprint density at radius 1 is 1.43 bits per heavy atom. The van der Waals surface area contributed by atoms with Crippen LogP contribution in [-0.4, -0.2) is 10.1 Å². The van der Waals surface area contributed by atoms with E-state index in [1.807, 2.05) is 18.2 Å². The molecule has 0 aliphatic carbocycles. The summed E-state index contributed by atoms with van der Waals surface area (Å²) in [6.07, 6.45) is 0. The van der Waals surface area contributed by atoms with Gasteiger partial charge < -0.3 is 10.3 Å². The molecule has 0 unspecified atom stereocenters. The summed E-state index contributed by atoms with van der Waals surface area (Å²) in [4.78, 5) is 3.96. The third-order valence-electron chi connectivity index (χ3n) is 1.60. The summed E-state index contributed by atoms with van der Waals surface area (Å²) in [5.74, 6) is 0.587. The standard InChI is InChI=1S/C8H5BrIN3O/c9-4-1-2-6(10)5(3-4)7-12-8(11)13-14-7/h1-3H,(H2,11,13). The molecule has 0 spiro atoms. The molecule has 2 N–H and O–H groups in total. The van der Waals surface area contributed by atoms with E-state index in [1.165, 1.54) is 0 Å². The largest absolute Gasteiger partial charge is 0.365 e. The van der Waals surface area contributed by atoms with Crippen LogP contribution in [0.2, 0.25) is 0 Å². The Labute approximate surface area is 102 Å². The van der Waals surface area contributed by atoms with Crippen molar-refractivity contribution >= 4 is 44.5 Å². The second-order valence-corrected chi connectivity index (χ2v) is 4.66. The van der Waals surface area contributed by atoms with Crippen LogP contribution in [0.1, 0.15) is 0 Å². The summed E-state index contributed by atoms with van der Waals surface area (Å²) in [6, 6.07) is 5.82. The number of nitrogen functional groups attached to an aromatic ring is 1. The first kappa shape index (κ1) is 9.91. The van der Waals surface area contributed by atoms with E-state index in [-0.39, 0.29) is 5.95 Å². The van der Waals surface area contributed by atoms with Crippen molar-refractivity contribution in [3.63, 3.8) is 0 Å². The highest BCUT2D eigenvalue weighted by atomic mass is 127. The van der Waals surface area contributed by atoms with Crippen LogP contribution in [-0.2, 0) is 0 Å². The lowest BCUT2D eigenvalue weighted by Crippen LogP contribution is -1.87. The van der Waals surface area contributed by atoms with Gasteiger partial charge in [-0.05, 0) is 45.9 Å². The molecule has 0 saturated heterocycles. The Morgan fingerprint density at radius 3 is 2.86 bits per heavy atom. The summed E-state index contributed by atoms with van der Waals surface area (Å²) in [6.45, 7) is 0. The molecule has 0 bridgehead atoms. The van der Waals surface area contributed by atoms with Crippen molar-refractivity contribution in [2.45, 2.75) is 0 Å². The van der Waals surface area contributed by atoms with Gasteiger partial charge in [-0.3, -0.25) is 0 Å². The minimum atomic E-state index is 0.149. The second kappa shape index (κ2) is 3.85. The molecule has 4 nitrogen and oxygen atoms in total. The van der Waals surface area contributed by atoms with Gasteiger partial charge in [-0.25, -0.2) is 0 Å². The molecular weight excluding hydrogens is 361 g/mol. The third kappa shape index (κ3) is 1.90. The number of benzene rings is 1. The van der Waals surface area contributed by atoms with E-state index in [9.17, 15) is 0 Å². The molecule has 1 aromatic heterocycles. The molecule has 0 amide bonds. The van der Waals surface area contributed by atoms with Crippen LogP contribution in [0.5, 0.6) is 0 Å². The van der Waals surface area contributed by atoms with Crippen LogP contribution in [0.15, 0.2) is 27.2 Å². The van der Waals surface area contributed by atoms with Crippen molar-refractivity contribution in [2.24, 2.45) is 0 Å². The highest BCUT2D eigenvalue weighted by Gasteiger charge is 2.10. The first-order valence-corrected chi connectivity index (χ1v) is 5.58. The number of hydrogen-bond donors (Lipinski definition) is 1. The molecular formula is C8H5BrIN3O. The molecule has 72 valence electrons. The number of aromatic nitrogens is 2. The Kier molecular flexibility index (Phi) is 2.73. The number of hydrogen-bond acceptors (Lipinski definition) is 4. The van der Waals surface area contributed by atoms with E-state index in [2.05, 4.69) is 48.7 Å². The minimum Gasteiger partial charge on any atom is -0.365 e. The van der Waals surface area contributed by atoms with Crippen LogP contribution < -0.4 is 5.73 Å². The highest BCUT2D eigenvalue weighted by molar-refractivity contribution is 14.1. The van der Waals surface area contributed by atoms with E-state index < -0.39 is 0 Å². The number of anilines is 1. The average molecular weight is 366 g/mol. The van der Waals surface area contributed by atoms with Gasteiger partial charge >= 0.3 is 0 Å². The maximum atomic E-state index is 5.37. The highest BCUT2D eigenvalue weighted by Crippen LogP contribution is 2.27. The summed E-state index contributed by atoms with van der Waals surface area (Å²) >= 11 is 5.58. The lowest BCUT2D eigenvalue weighted by molar-refractivity contribution is 0.433. The summed E-state index contributed by atoms with van der Waals surface area (Å²) in [7, 11) is 0. The summed E-state index contributed by atoms with van der Waals surface area (Å²) in [5.41, 5.74) is 6.25. The smallest absolute Gasteiger partial charge is 0.261 e. The Bertz CT molecular complexity index is 471. The van der Waals surface area contributed by atoms with E-state index in [0.29, 0.717) is 5.89 Å². The predicted molar refractivity (Wildman–Crippen MR) is 64.6 cm³/mol. The zero-order valence-corrected chi connectivity index (χ0v) is 10.6. The van der Waals surface area contributed by atoms with E-state index in [1.54, 1.807) is 0 Å². The molecule has 0 fully saturated rings. The van der Waals surface area contributed by atoms with Crippen molar-refractivity contribution in [3.8, 4) is 11.5 Å². The van der Waals surface area contributed by atoms with Crippen LogP contribution in [0.3, 0.4) is 0 Å². The summed E-state index contributed by atoms with van der Waals surface area (Å²) in [5, 5.41) is 3.54. The lowest BCUT2D eigenvalue weighted by Gasteiger charge is -1.98. The minimum absolute atomic E-state index is 0.149. The fourth-order valence-electron chi connectivity index (χ4n) is 1.01. The van der Waals surface area contributed by atoms with E-state index in [0.717, 1.165) is 13.6 Å². The number of nitrogens with two attached hydrogens (primary N) is 1. The second-order valence-electron chi connectivity index (χ2n) is 2.58. The zero-order chi connectivity index (χ0) is 10.1. The fourth-order valence-corrected chi connectivity index (χ4v) is 1.93. The van der Waals surface area contributed by atoms with Gasteiger partial charge in [0.05, 0.1) is 5.56 Å². The molecule has 0 atom stereocenters. The number of nitrogens with zero attached hydrogens (tertiary/aromatic N) is 2. The molecule has 1 heterocycles. The van der Waals surface area contributed by atoms with Crippen molar-refractivity contribution < 1.29 is 4.52 Å². The van der Waals surface area contributed by atoms with Gasteiger partial charge in [-0.2, -0.15) is 4.98 Å². The van der Waals surface area contributed by atoms with Gasteiger partial charge in [-0.1, -0.05) is 15.9 Å². The first-order chi connectivity index (χ1) is 6.66. The predicted octanol–water partition coefficient (Wildman–Crippen LogP) is 2.69. The van der Waals surface area contributed by atoms with Crippen molar-refractivity contribution in [3.05, 3.63) is 26.2 Å². The summed E-state index contributed by atoms with van der Waals surface area (Å²) < 4.78 is 6.97. The molecule has 14 heavy (non-hydrogen) atoms. The molecule has 0 aliphatic rings. The van der Waals surface area contributed by atoms with Gasteiger partial charge in [-0.15, -0.1) is 0 Å². The van der Waals surface area contributed by atoms with Crippen molar-refractivity contribution in [1.29, 1.82) is 0 Å². The Hall–Kier alpha value is -0.630. The van der Waals surface area contributed by atoms with Crippen molar-refractivity contribution in [1.82, 2.24) is 10.1 Å². The van der Waals surface area contributed by atoms with E-state index >= 15 is 0 Å². The maximum absolute atomic E-state index is 5.37. The maximum Gasteiger partial charge on any atom is 0.261 e. The molecule has 0 saturated carbocycles. The Morgan fingerprint density at radius 2 is 2.21 bits per heavy atom. The Balaban J connectivity index is 2.55. The van der Waals surface area contributed by atoms with Gasteiger partial charge in [0.25, 0.3) is 11.8 Å². The topological polar surface area (TPSA) is 64.9 Å². The monoisotopic (exact) mass is 365 g/mol. The zero-order valence-electron chi connectivity index (χ0n) is 6.87. The normalized spacial score (nSPS) is 10.4. The van der Waals surface area contributed by atoms with Crippen LogP contribution >= 0.6 is 38.5 Å². The van der Waals surface area contributed by atoms with Crippen LogP contribution in [0, 0.1) is 3.57 Å². The first-order valence-electron chi connectivity index (χ1n) is 3.71. The van der Waals surface area contributed by atoms with Gasteiger partial charge in [0.1, 0.15) is 0 Å². The molecule has 1 aromatic carbocycles. The van der Waals surface area contributed by atoms with Gasteiger partial charge in [0.2, 0.25) is 0 Å². The fraction of sp³-hybridized carbons (Fsp3) is 0. The molecule has 2 aromatic rings. The van der Waals surface area contributed by atoms with Gasteiger partial charge in [0, 0.05) is 8.04 Å². The van der Waals surface area contributed by atoms with Gasteiger partial charge in [0.15, 0.2) is 0 Å². The van der Waals surface area contributed by atoms with Crippen molar-refractivity contribution in [2.75, 3.05) is 5.73 Å². The third-order valence-corrected chi connectivity index (χ3v) is 3.03. The SMILES string of the molecule is Nc1noc(-c2cc(Br)ccc2I)n1. The van der Waals surface area contributed by atoms with E-state index in [4.69, 9.17) is 10.3 Å². The number of halogens is 2. The quantitative estimate of drug-likeness (QED) is 0.789. The van der Waals surface area contributed by atoms with Crippen LogP contribution in [0.25, 0.3) is 11.5 Å². The lowest BCUT2D eigenvalue weighted by atomic mass is 10.2. The average Bonchev–Trinajstić information content (AvgIpc) is 2.56. The molecule has 6 heteroatoms. The molecule has 0 aliphatic heterocycles. The van der Waals surface area contributed by atoms with Crippen LogP contribution in [0.4, 0.5) is 5.95 Å². The number of rotatable bonds is 1. The molecule has 2 rings (SSSR count). The molecule has 0 radical (unpaired) electrons.